The van der Waals surface area contributed by atoms with Gasteiger partial charge >= 0.3 is 5.97 Å². The standard InChI is InChI=1S/C26H24N2O4/c1-3-30-25(29)21-8-12-23(13-9-21)27-16-19-4-6-20(7-5-19)17-28-24-14-10-22(11-15-24)26-31-18(2)32-26/h4-18,26H,3H2,1-2H3. The van der Waals surface area contributed by atoms with Crippen molar-refractivity contribution >= 4 is 29.8 Å². The maximum atomic E-state index is 11.7. The first-order valence-electron chi connectivity index (χ1n) is 10.5. The first kappa shape index (κ1) is 21.6. The smallest absolute Gasteiger partial charge is 0.338 e. The van der Waals surface area contributed by atoms with Crippen LogP contribution in [0.15, 0.2) is 82.8 Å². The van der Waals surface area contributed by atoms with Crippen molar-refractivity contribution in [3.05, 3.63) is 95.1 Å². The minimum Gasteiger partial charge on any atom is -0.462 e. The molecule has 1 heterocycles. The summed E-state index contributed by atoms with van der Waals surface area (Å²) >= 11 is 0. The van der Waals surface area contributed by atoms with Gasteiger partial charge < -0.3 is 14.2 Å². The van der Waals surface area contributed by atoms with Gasteiger partial charge in [0.15, 0.2) is 12.6 Å². The van der Waals surface area contributed by atoms with E-state index in [1.807, 2.05) is 61.7 Å². The Morgan fingerprint density at radius 2 is 1.34 bits per heavy atom. The zero-order valence-corrected chi connectivity index (χ0v) is 18.0. The Morgan fingerprint density at radius 3 is 1.81 bits per heavy atom. The van der Waals surface area contributed by atoms with E-state index >= 15 is 0 Å². The number of carbonyl (C=O) groups excluding carboxylic acids is 1. The van der Waals surface area contributed by atoms with E-state index < -0.39 is 0 Å². The van der Waals surface area contributed by atoms with Crippen LogP contribution in [-0.2, 0) is 14.2 Å². The molecule has 1 aliphatic heterocycles. The second-order valence-corrected chi connectivity index (χ2v) is 7.21. The van der Waals surface area contributed by atoms with Crippen LogP contribution < -0.4 is 0 Å². The molecule has 0 amide bonds. The van der Waals surface area contributed by atoms with Crippen LogP contribution >= 0.6 is 0 Å². The van der Waals surface area contributed by atoms with Gasteiger partial charge in [-0.05, 0) is 61.4 Å². The fourth-order valence-electron chi connectivity index (χ4n) is 3.10. The predicted molar refractivity (Wildman–Crippen MR) is 124 cm³/mol. The molecule has 162 valence electrons. The first-order chi connectivity index (χ1) is 15.6. The average Bonchev–Trinajstić information content (AvgIpc) is 2.81. The first-order valence-corrected chi connectivity index (χ1v) is 10.5. The molecule has 4 rings (SSSR count). The number of aliphatic imine (C=N–C) groups is 2. The van der Waals surface area contributed by atoms with Crippen LogP contribution in [0.4, 0.5) is 11.4 Å². The fourth-order valence-corrected chi connectivity index (χ4v) is 3.10. The van der Waals surface area contributed by atoms with Crippen LogP contribution in [-0.4, -0.2) is 31.3 Å². The largest absolute Gasteiger partial charge is 0.462 e. The molecule has 0 spiro atoms. The third-order valence-electron chi connectivity index (χ3n) is 4.84. The third kappa shape index (κ3) is 5.55. The van der Waals surface area contributed by atoms with E-state index in [1.54, 1.807) is 37.4 Å². The lowest BCUT2D eigenvalue weighted by molar-refractivity contribution is -0.382. The lowest BCUT2D eigenvalue weighted by atomic mass is 10.1. The summed E-state index contributed by atoms with van der Waals surface area (Å²) in [6.45, 7) is 4.01. The number of hydrogen-bond acceptors (Lipinski definition) is 6. The summed E-state index contributed by atoms with van der Waals surface area (Å²) < 4.78 is 16.0. The molecule has 1 saturated heterocycles. The number of hydrogen-bond donors (Lipinski definition) is 0. The normalized spacial score (nSPS) is 18.1. The molecule has 0 bridgehead atoms. The monoisotopic (exact) mass is 428 g/mol. The van der Waals surface area contributed by atoms with Crippen molar-refractivity contribution in [1.82, 2.24) is 0 Å². The van der Waals surface area contributed by atoms with E-state index in [0.717, 1.165) is 28.1 Å². The summed E-state index contributed by atoms with van der Waals surface area (Å²) in [7, 11) is 0. The van der Waals surface area contributed by atoms with Gasteiger partial charge in [0.1, 0.15) is 0 Å². The molecule has 0 atom stereocenters. The molecule has 0 saturated carbocycles. The van der Waals surface area contributed by atoms with Gasteiger partial charge in [0.25, 0.3) is 0 Å². The van der Waals surface area contributed by atoms with Crippen molar-refractivity contribution in [2.45, 2.75) is 26.4 Å². The van der Waals surface area contributed by atoms with Crippen molar-refractivity contribution in [2.75, 3.05) is 6.61 Å². The Morgan fingerprint density at radius 1 is 0.844 bits per heavy atom. The van der Waals surface area contributed by atoms with Crippen molar-refractivity contribution in [2.24, 2.45) is 9.98 Å². The van der Waals surface area contributed by atoms with Gasteiger partial charge in [0.05, 0.1) is 23.5 Å². The molecule has 0 radical (unpaired) electrons. The molecule has 0 aliphatic carbocycles. The summed E-state index contributed by atoms with van der Waals surface area (Å²) in [5, 5.41) is 0. The summed E-state index contributed by atoms with van der Waals surface area (Å²) in [5.41, 5.74) is 5.09. The van der Waals surface area contributed by atoms with Crippen LogP contribution in [0, 0.1) is 0 Å². The van der Waals surface area contributed by atoms with Gasteiger partial charge in [-0.2, -0.15) is 0 Å². The van der Waals surface area contributed by atoms with E-state index in [1.165, 1.54) is 0 Å². The summed E-state index contributed by atoms with van der Waals surface area (Å²) in [6, 6.07) is 22.7. The molecule has 0 N–H and O–H groups in total. The van der Waals surface area contributed by atoms with Crippen LogP contribution in [0.2, 0.25) is 0 Å². The topological polar surface area (TPSA) is 69.5 Å². The van der Waals surface area contributed by atoms with Gasteiger partial charge in [-0.15, -0.1) is 0 Å². The molecule has 0 unspecified atom stereocenters. The zero-order chi connectivity index (χ0) is 22.3. The maximum Gasteiger partial charge on any atom is 0.338 e. The highest BCUT2D eigenvalue weighted by Crippen LogP contribution is 2.32. The lowest BCUT2D eigenvalue weighted by Crippen LogP contribution is -2.31. The molecule has 6 heteroatoms. The second kappa shape index (κ2) is 10.1. The molecule has 3 aromatic rings. The molecular weight excluding hydrogens is 404 g/mol. The summed E-state index contributed by atoms with van der Waals surface area (Å²) in [6.07, 6.45) is 3.20. The third-order valence-corrected chi connectivity index (χ3v) is 4.84. The Kier molecular flexibility index (Phi) is 6.84. The minimum atomic E-state index is -0.327. The van der Waals surface area contributed by atoms with Crippen molar-refractivity contribution in [3.63, 3.8) is 0 Å². The van der Waals surface area contributed by atoms with Crippen LogP contribution in [0.25, 0.3) is 0 Å². The van der Waals surface area contributed by atoms with Gasteiger partial charge in [-0.25, -0.2) is 4.79 Å². The van der Waals surface area contributed by atoms with Crippen LogP contribution in [0.1, 0.15) is 47.2 Å². The molecule has 1 aliphatic rings. The average molecular weight is 428 g/mol. The SMILES string of the molecule is CCOC(=O)c1ccc(N=Cc2ccc(C=Nc3ccc(C4OC(C)O4)cc3)cc2)cc1. The Balaban J connectivity index is 1.33. The number of rotatable bonds is 7. The predicted octanol–water partition coefficient (Wildman–Crippen LogP) is 5.76. The minimum absolute atomic E-state index is 0.136. The molecular formula is C26H24N2O4. The second-order valence-electron chi connectivity index (χ2n) is 7.21. The van der Waals surface area contributed by atoms with Gasteiger partial charge in [-0.1, -0.05) is 36.4 Å². The molecule has 1 fully saturated rings. The van der Waals surface area contributed by atoms with E-state index in [0.29, 0.717) is 12.2 Å². The number of ether oxygens (including phenoxy) is 3. The van der Waals surface area contributed by atoms with E-state index in [-0.39, 0.29) is 18.5 Å². The zero-order valence-electron chi connectivity index (χ0n) is 18.0. The molecule has 3 aromatic carbocycles. The highest BCUT2D eigenvalue weighted by Gasteiger charge is 2.28. The quantitative estimate of drug-likeness (QED) is 0.355. The van der Waals surface area contributed by atoms with E-state index in [9.17, 15) is 4.79 Å². The number of nitrogens with zero attached hydrogens (tertiary/aromatic N) is 2. The number of benzene rings is 3. The fraction of sp³-hybridized carbons (Fsp3) is 0.192. The maximum absolute atomic E-state index is 11.7. The van der Waals surface area contributed by atoms with E-state index in [4.69, 9.17) is 14.2 Å². The van der Waals surface area contributed by atoms with Gasteiger partial charge in [0, 0.05) is 18.0 Å². The van der Waals surface area contributed by atoms with E-state index in [2.05, 4.69) is 9.98 Å². The van der Waals surface area contributed by atoms with Crippen molar-refractivity contribution in [1.29, 1.82) is 0 Å². The van der Waals surface area contributed by atoms with Crippen molar-refractivity contribution in [3.8, 4) is 0 Å². The van der Waals surface area contributed by atoms with Crippen molar-refractivity contribution < 1.29 is 19.0 Å². The van der Waals surface area contributed by atoms with Crippen LogP contribution in [0.5, 0.6) is 0 Å². The summed E-state index contributed by atoms with van der Waals surface area (Å²) in [4.78, 5) is 20.7. The van der Waals surface area contributed by atoms with Gasteiger partial charge in [0.2, 0.25) is 0 Å². The summed E-state index contributed by atoms with van der Waals surface area (Å²) in [5.74, 6) is -0.327. The highest BCUT2D eigenvalue weighted by molar-refractivity contribution is 5.90. The number of esters is 1. The lowest BCUT2D eigenvalue weighted by Gasteiger charge is -2.33. The van der Waals surface area contributed by atoms with Crippen LogP contribution in [0.3, 0.4) is 0 Å². The highest BCUT2D eigenvalue weighted by atomic mass is 16.9. The molecule has 6 nitrogen and oxygen atoms in total. The van der Waals surface area contributed by atoms with Gasteiger partial charge in [-0.3, -0.25) is 9.98 Å². The Labute approximate surface area is 187 Å². The Hall–Kier alpha value is -3.61. The number of carbonyl (C=O) groups is 1. The molecule has 0 aromatic heterocycles. The Bertz CT molecular complexity index is 1100. The molecule has 32 heavy (non-hydrogen) atoms.